The van der Waals surface area contributed by atoms with Crippen LogP contribution >= 0.6 is 0 Å². The number of nitrogens with one attached hydrogen (secondary N) is 1. The highest BCUT2D eigenvalue weighted by Crippen LogP contribution is 2.15. The number of anilines is 1. The topological polar surface area (TPSA) is 90.9 Å². The van der Waals surface area contributed by atoms with E-state index in [2.05, 4.69) is 10.3 Å². The van der Waals surface area contributed by atoms with E-state index in [1.807, 2.05) is 92.7 Å². The molecule has 0 aliphatic carbocycles. The summed E-state index contributed by atoms with van der Waals surface area (Å²) in [5.41, 5.74) is 3.94. The van der Waals surface area contributed by atoms with E-state index in [9.17, 15) is 14.4 Å². The summed E-state index contributed by atoms with van der Waals surface area (Å²) < 4.78 is 4.18. The molecule has 186 valence electrons. The Labute approximate surface area is 213 Å². The molecule has 1 amide bonds. The van der Waals surface area contributed by atoms with Gasteiger partial charge in [-0.1, -0.05) is 66.7 Å². The number of hydrogen-bond acceptors (Lipinski definition) is 4. The van der Waals surface area contributed by atoms with Crippen molar-refractivity contribution in [3.8, 4) is 0 Å². The fourth-order valence-electron chi connectivity index (χ4n) is 4.58. The number of amides is 1. The Morgan fingerprint density at radius 2 is 1.41 bits per heavy atom. The smallest absolute Gasteiger partial charge is 0.325 e. The van der Waals surface area contributed by atoms with E-state index in [0.29, 0.717) is 17.9 Å². The first-order valence-corrected chi connectivity index (χ1v) is 12.0. The second kappa shape index (κ2) is 10.1. The van der Waals surface area contributed by atoms with Gasteiger partial charge in [-0.3, -0.25) is 14.2 Å². The van der Waals surface area contributed by atoms with Crippen LogP contribution < -0.4 is 16.6 Å². The number of carbonyl (C=O) groups excluding carboxylic acids is 1. The summed E-state index contributed by atoms with van der Waals surface area (Å²) in [6, 6.07) is 24.9. The van der Waals surface area contributed by atoms with Crippen molar-refractivity contribution >= 4 is 22.8 Å². The molecule has 37 heavy (non-hydrogen) atoms. The van der Waals surface area contributed by atoms with E-state index < -0.39 is 23.7 Å². The average Bonchev–Trinajstić information content (AvgIpc) is 3.28. The lowest BCUT2D eigenvalue weighted by Crippen LogP contribution is -2.43. The summed E-state index contributed by atoms with van der Waals surface area (Å²) in [7, 11) is 0. The molecule has 0 aliphatic heterocycles. The van der Waals surface area contributed by atoms with E-state index in [0.717, 1.165) is 26.8 Å². The maximum absolute atomic E-state index is 13.6. The standard InChI is InChI=1S/C29H27N5O3/c1-20-13-21(2)15-24(14-20)31-25(35)18-34-28(36)26-27(30-19-32(26)16-22-9-5-3-6-10-22)33(29(34)37)17-23-11-7-4-8-12-23/h3-15,19H,16-18H2,1-2H3,(H,31,35). The fourth-order valence-corrected chi connectivity index (χ4v) is 4.58. The van der Waals surface area contributed by atoms with Gasteiger partial charge in [0.15, 0.2) is 11.2 Å². The Morgan fingerprint density at radius 1 is 0.811 bits per heavy atom. The Balaban J connectivity index is 1.59. The first-order chi connectivity index (χ1) is 17.9. The van der Waals surface area contributed by atoms with E-state index in [4.69, 9.17) is 0 Å². The van der Waals surface area contributed by atoms with Gasteiger partial charge in [0, 0.05) is 12.2 Å². The van der Waals surface area contributed by atoms with Gasteiger partial charge in [-0.25, -0.2) is 14.3 Å². The normalized spacial score (nSPS) is 11.1. The molecule has 0 aliphatic rings. The van der Waals surface area contributed by atoms with Crippen molar-refractivity contribution < 1.29 is 4.79 Å². The van der Waals surface area contributed by atoms with Gasteiger partial charge in [-0.05, 0) is 48.2 Å². The largest absolute Gasteiger partial charge is 0.333 e. The molecule has 0 radical (unpaired) electrons. The van der Waals surface area contributed by atoms with Crippen molar-refractivity contribution in [1.82, 2.24) is 18.7 Å². The molecule has 3 aromatic carbocycles. The van der Waals surface area contributed by atoms with E-state index in [-0.39, 0.29) is 12.1 Å². The molecule has 8 nitrogen and oxygen atoms in total. The summed E-state index contributed by atoms with van der Waals surface area (Å²) in [5, 5.41) is 2.82. The lowest BCUT2D eigenvalue weighted by molar-refractivity contribution is -0.116. The molecule has 0 saturated carbocycles. The first-order valence-electron chi connectivity index (χ1n) is 12.0. The van der Waals surface area contributed by atoms with Crippen molar-refractivity contribution in [1.29, 1.82) is 0 Å². The van der Waals surface area contributed by atoms with Gasteiger partial charge in [0.1, 0.15) is 6.54 Å². The van der Waals surface area contributed by atoms with Crippen LogP contribution in [0.1, 0.15) is 22.3 Å². The Morgan fingerprint density at radius 3 is 2.03 bits per heavy atom. The Hall–Kier alpha value is -4.72. The molecular formula is C29H27N5O3. The number of aromatic nitrogens is 4. The molecular weight excluding hydrogens is 466 g/mol. The minimum Gasteiger partial charge on any atom is -0.325 e. The van der Waals surface area contributed by atoms with Gasteiger partial charge < -0.3 is 9.88 Å². The second-order valence-corrected chi connectivity index (χ2v) is 9.20. The number of imidazole rings is 1. The highest BCUT2D eigenvalue weighted by Gasteiger charge is 2.20. The van der Waals surface area contributed by atoms with Gasteiger partial charge in [-0.2, -0.15) is 0 Å². The quantitative estimate of drug-likeness (QED) is 0.374. The van der Waals surface area contributed by atoms with Crippen molar-refractivity contribution in [3.63, 3.8) is 0 Å². The molecule has 0 atom stereocenters. The second-order valence-electron chi connectivity index (χ2n) is 9.20. The van der Waals surface area contributed by atoms with Crippen LogP contribution in [0.4, 0.5) is 5.69 Å². The number of nitrogens with zero attached hydrogens (tertiary/aromatic N) is 4. The van der Waals surface area contributed by atoms with Crippen molar-refractivity contribution in [2.24, 2.45) is 0 Å². The summed E-state index contributed by atoms with van der Waals surface area (Å²) >= 11 is 0. The molecule has 8 heteroatoms. The Bertz CT molecular complexity index is 1680. The van der Waals surface area contributed by atoms with Crippen molar-refractivity contribution in [3.05, 3.63) is 128 Å². The molecule has 2 heterocycles. The Kier molecular flexibility index (Phi) is 6.55. The zero-order valence-electron chi connectivity index (χ0n) is 20.7. The molecule has 0 spiro atoms. The minimum atomic E-state index is -0.582. The maximum atomic E-state index is 13.6. The monoisotopic (exact) mass is 493 g/mol. The SMILES string of the molecule is Cc1cc(C)cc(NC(=O)Cn2c(=O)c3c(ncn3Cc3ccccc3)n(Cc3ccccc3)c2=O)c1. The number of carbonyl (C=O) groups is 1. The number of hydrogen-bond donors (Lipinski definition) is 1. The molecule has 0 fully saturated rings. The molecule has 0 bridgehead atoms. The number of aryl methyl sites for hydroxylation is 2. The van der Waals surface area contributed by atoms with Crippen LogP contribution in [0.25, 0.3) is 11.2 Å². The van der Waals surface area contributed by atoms with Crippen LogP contribution in [-0.2, 0) is 24.4 Å². The third kappa shape index (κ3) is 5.13. The van der Waals surface area contributed by atoms with Crippen molar-refractivity contribution in [2.75, 3.05) is 5.32 Å². The summed E-state index contributed by atoms with van der Waals surface area (Å²) in [5.74, 6) is -0.455. The maximum Gasteiger partial charge on any atom is 0.333 e. The third-order valence-electron chi connectivity index (χ3n) is 6.17. The minimum absolute atomic E-state index is 0.220. The third-order valence-corrected chi connectivity index (χ3v) is 6.17. The summed E-state index contributed by atoms with van der Waals surface area (Å²) in [6.45, 7) is 4.10. The molecule has 5 rings (SSSR count). The fraction of sp³-hybridized carbons (Fsp3) is 0.172. The molecule has 0 unspecified atom stereocenters. The predicted molar refractivity (Wildman–Crippen MR) is 144 cm³/mol. The van der Waals surface area contributed by atoms with E-state index >= 15 is 0 Å². The van der Waals surface area contributed by atoms with Crippen LogP contribution in [0.5, 0.6) is 0 Å². The highest BCUT2D eigenvalue weighted by molar-refractivity contribution is 5.90. The molecule has 5 aromatic rings. The lowest BCUT2D eigenvalue weighted by Gasteiger charge is -2.13. The number of fused-ring (bicyclic) bond motifs is 1. The van der Waals surface area contributed by atoms with Crippen LogP contribution in [0.15, 0.2) is 94.8 Å². The predicted octanol–water partition coefficient (Wildman–Crippen LogP) is 3.71. The van der Waals surface area contributed by atoms with Crippen LogP contribution in [0, 0.1) is 13.8 Å². The van der Waals surface area contributed by atoms with Crippen LogP contribution in [-0.4, -0.2) is 24.6 Å². The zero-order chi connectivity index (χ0) is 25.9. The molecule has 2 aromatic heterocycles. The van der Waals surface area contributed by atoms with E-state index in [1.54, 1.807) is 10.9 Å². The molecule has 1 N–H and O–H groups in total. The molecule has 0 saturated heterocycles. The number of rotatable bonds is 7. The van der Waals surface area contributed by atoms with Crippen LogP contribution in [0.3, 0.4) is 0 Å². The average molecular weight is 494 g/mol. The van der Waals surface area contributed by atoms with Gasteiger partial charge in [0.05, 0.1) is 12.9 Å². The summed E-state index contributed by atoms with van der Waals surface area (Å²) in [4.78, 5) is 44.6. The van der Waals surface area contributed by atoms with Gasteiger partial charge >= 0.3 is 5.69 Å². The zero-order valence-corrected chi connectivity index (χ0v) is 20.7. The lowest BCUT2D eigenvalue weighted by atomic mass is 10.1. The number of benzene rings is 3. The first kappa shape index (κ1) is 24.0. The van der Waals surface area contributed by atoms with Gasteiger partial charge in [0.2, 0.25) is 5.91 Å². The van der Waals surface area contributed by atoms with Gasteiger partial charge in [-0.15, -0.1) is 0 Å². The van der Waals surface area contributed by atoms with Crippen molar-refractivity contribution in [2.45, 2.75) is 33.5 Å². The van der Waals surface area contributed by atoms with Crippen LogP contribution in [0.2, 0.25) is 0 Å². The van der Waals surface area contributed by atoms with Gasteiger partial charge in [0.25, 0.3) is 5.56 Å². The highest BCUT2D eigenvalue weighted by atomic mass is 16.2. The van der Waals surface area contributed by atoms with E-state index in [1.165, 1.54) is 4.57 Å². The summed E-state index contributed by atoms with van der Waals surface area (Å²) in [6.07, 6.45) is 1.57.